The van der Waals surface area contributed by atoms with Crippen molar-refractivity contribution in [3.8, 4) is 0 Å². The molecular formula is C30H38BrFeP. The molecule has 3 heteroatoms. The van der Waals surface area contributed by atoms with E-state index in [9.17, 15) is 0 Å². The van der Waals surface area contributed by atoms with Crippen LogP contribution in [0.2, 0.25) is 0 Å². The van der Waals surface area contributed by atoms with Crippen molar-refractivity contribution in [3.05, 3.63) is 53.0 Å². The molecule has 0 saturated heterocycles. The molecule has 0 heterocycles. The van der Waals surface area contributed by atoms with Gasteiger partial charge in [0.25, 0.3) is 0 Å². The van der Waals surface area contributed by atoms with Crippen LogP contribution in [0, 0.1) is 35.5 Å². The molecule has 0 spiro atoms. The van der Waals surface area contributed by atoms with E-state index in [1.54, 1.807) is 77.0 Å². The second-order valence-corrected chi connectivity index (χ2v) is 16.9. The molecule has 0 amide bonds. The maximum absolute atomic E-state index is 3.28. The van der Waals surface area contributed by atoms with Gasteiger partial charge in [0.2, 0.25) is 0 Å². The van der Waals surface area contributed by atoms with Crippen LogP contribution in [0.25, 0.3) is 0 Å². The molecular weight excluding hydrogens is 527 g/mol. The van der Waals surface area contributed by atoms with Crippen LogP contribution in [0.15, 0.2) is 53.0 Å². The molecule has 0 nitrogen and oxygen atoms in total. The van der Waals surface area contributed by atoms with Crippen LogP contribution >= 0.6 is 23.9 Å². The topological polar surface area (TPSA) is 0 Å². The summed E-state index contributed by atoms with van der Waals surface area (Å²) >= 11 is 3.28. The van der Waals surface area contributed by atoms with Gasteiger partial charge in [0.05, 0.1) is 0 Å². The predicted molar refractivity (Wildman–Crippen MR) is 140 cm³/mol. The van der Waals surface area contributed by atoms with Crippen molar-refractivity contribution in [2.45, 2.75) is 87.4 Å². The van der Waals surface area contributed by atoms with E-state index >= 15 is 0 Å². The van der Waals surface area contributed by atoms with Gasteiger partial charge in [-0.25, -0.2) is 24.3 Å². The standard InChI is InChI=1S/C25H34P.C5H4Br.Fe/c1-2-4-23(3-1)26(24-11-17-5-18(12-24)7-19(6-17)13-24)25-14-20-8-21(15-25)10-22(9-20)16-25;6-5-3-1-2-4-5;/h1-4,17-22H,5-16H2;1-4H;/q2*-1;+2. The average molecular weight is 565 g/mol. The maximum atomic E-state index is 3.28. The molecule has 0 N–H and O–H groups in total. The zero-order valence-corrected chi connectivity index (χ0v) is 23.3. The van der Waals surface area contributed by atoms with E-state index in [4.69, 9.17) is 0 Å². The van der Waals surface area contributed by atoms with E-state index < -0.39 is 0 Å². The van der Waals surface area contributed by atoms with E-state index in [0.717, 1.165) is 50.3 Å². The molecule has 2 aromatic rings. The maximum Gasteiger partial charge on any atom is 2.00 e. The van der Waals surface area contributed by atoms with Crippen LogP contribution in [-0.4, -0.2) is 10.3 Å². The van der Waals surface area contributed by atoms with Gasteiger partial charge in [-0.15, -0.1) is 29.2 Å². The van der Waals surface area contributed by atoms with Crippen molar-refractivity contribution in [2.75, 3.05) is 0 Å². The molecule has 0 unspecified atom stereocenters. The van der Waals surface area contributed by atoms with Crippen LogP contribution in [0.1, 0.15) is 77.0 Å². The van der Waals surface area contributed by atoms with E-state index in [-0.39, 0.29) is 25.0 Å². The molecule has 8 bridgehead atoms. The van der Waals surface area contributed by atoms with Crippen molar-refractivity contribution >= 4 is 29.2 Å². The first kappa shape index (κ1) is 23.5. The quantitative estimate of drug-likeness (QED) is 0.199. The minimum Gasteiger partial charge on any atom is -0.213 e. The summed E-state index contributed by atoms with van der Waals surface area (Å²) in [6.07, 6.45) is 19.3. The smallest absolute Gasteiger partial charge is 0.213 e. The first-order chi connectivity index (χ1) is 15.6. The van der Waals surface area contributed by atoms with Crippen LogP contribution in [0.3, 0.4) is 0 Å². The first-order valence-electron chi connectivity index (χ1n) is 13.5. The average Bonchev–Trinajstić information content (AvgIpc) is 3.40. The van der Waals surface area contributed by atoms with Gasteiger partial charge in [0.15, 0.2) is 0 Å². The second-order valence-electron chi connectivity index (χ2n) is 12.9. The molecule has 10 rings (SSSR count). The zero-order chi connectivity index (χ0) is 21.3. The minimum absolute atomic E-state index is 0. The molecule has 8 aliphatic rings. The summed E-state index contributed by atoms with van der Waals surface area (Å²) in [5.41, 5.74) is 0. The second kappa shape index (κ2) is 8.91. The Hall–Kier alpha value is 0.129. The molecule has 178 valence electrons. The number of rotatable bonds is 3. The summed E-state index contributed by atoms with van der Waals surface area (Å²) in [7, 11) is 0.0331. The van der Waals surface area contributed by atoms with E-state index in [1.807, 2.05) is 29.6 Å². The summed E-state index contributed by atoms with van der Waals surface area (Å²) in [5, 5.41) is 3.35. The fourth-order valence-corrected chi connectivity index (χ4v) is 16.1. The Labute approximate surface area is 221 Å². The first-order valence-corrected chi connectivity index (χ1v) is 15.6. The minimum atomic E-state index is 0. The molecule has 8 saturated carbocycles. The van der Waals surface area contributed by atoms with Gasteiger partial charge in [-0.05, 0) is 123 Å². The van der Waals surface area contributed by atoms with E-state index in [1.165, 1.54) is 0 Å². The Bertz CT molecular complexity index is 814. The SMILES string of the molecule is Br[c-]1cccc1.[Fe+2].c1cc[c-](P(C23CC4CC(CC(C4)C2)C3)C23CC4CC(CC(C4)C2)C3)c1. The van der Waals surface area contributed by atoms with Crippen LogP contribution in [0.4, 0.5) is 0 Å². The molecule has 8 fully saturated rings. The normalized spacial score (nSPS) is 44.8. The summed E-state index contributed by atoms with van der Waals surface area (Å²) < 4.78 is 1.16. The monoisotopic (exact) mass is 564 g/mol. The number of halogens is 1. The summed E-state index contributed by atoms with van der Waals surface area (Å²) in [6, 6.07) is 17.9. The Balaban J connectivity index is 0.000000260. The summed E-state index contributed by atoms with van der Waals surface area (Å²) in [4.78, 5) is 0. The molecule has 8 aliphatic carbocycles. The number of hydrogen-bond acceptors (Lipinski definition) is 0. The zero-order valence-electron chi connectivity index (χ0n) is 19.7. The van der Waals surface area contributed by atoms with Crippen molar-refractivity contribution in [1.82, 2.24) is 0 Å². The van der Waals surface area contributed by atoms with Gasteiger partial charge in [0.1, 0.15) is 0 Å². The third kappa shape index (κ3) is 4.12. The van der Waals surface area contributed by atoms with Gasteiger partial charge in [-0.2, -0.15) is 24.3 Å². The van der Waals surface area contributed by atoms with E-state index in [0.29, 0.717) is 0 Å². The summed E-state index contributed by atoms with van der Waals surface area (Å²) in [5.74, 6) is 6.64. The van der Waals surface area contributed by atoms with Crippen LogP contribution < -0.4 is 5.30 Å². The van der Waals surface area contributed by atoms with Gasteiger partial charge in [0, 0.05) is 0 Å². The fraction of sp³-hybridized carbons (Fsp3) is 0.667. The molecule has 0 aliphatic heterocycles. The Morgan fingerprint density at radius 1 is 0.545 bits per heavy atom. The molecule has 0 aromatic heterocycles. The van der Waals surface area contributed by atoms with Crippen molar-refractivity contribution < 1.29 is 17.1 Å². The molecule has 0 atom stereocenters. The Morgan fingerprint density at radius 3 is 1.12 bits per heavy atom. The summed E-state index contributed by atoms with van der Waals surface area (Å²) in [6.45, 7) is 0. The van der Waals surface area contributed by atoms with Gasteiger partial charge in [-0.3, -0.25) is 0 Å². The van der Waals surface area contributed by atoms with Gasteiger partial charge >= 0.3 is 17.1 Å². The Morgan fingerprint density at radius 2 is 0.848 bits per heavy atom. The van der Waals surface area contributed by atoms with Crippen molar-refractivity contribution in [2.24, 2.45) is 35.5 Å². The predicted octanol–water partition coefficient (Wildman–Crippen LogP) is 8.62. The van der Waals surface area contributed by atoms with Crippen LogP contribution in [0.5, 0.6) is 0 Å². The molecule has 0 radical (unpaired) electrons. The fourth-order valence-electron chi connectivity index (χ4n) is 10.6. The van der Waals surface area contributed by atoms with Crippen LogP contribution in [-0.2, 0) is 17.1 Å². The molecule has 2 aromatic carbocycles. The number of hydrogen-bond donors (Lipinski definition) is 0. The van der Waals surface area contributed by atoms with Crippen molar-refractivity contribution in [1.29, 1.82) is 0 Å². The van der Waals surface area contributed by atoms with Crippen molar-refractivity contribution in [3.63, 3.8) is 0 Å². The largest absolute Gasteiger partial charge is 2.00 e. The third-order valence-corrected chi connectivity index (χ3v) is 14.8. The van der Waals surface area contributed by atoms with Gasteiger partial charge < -0.3 is 0 Å². The van der Waals surface area contributed by atoms with Gasteiger partial charge in [-0.1, -0.05) is 4.47 Å². The van der Waals surface area contributed by atoms with E-state index in [2.05, 4.69) is 40.2 Å². The third-order valence-electron chi connectivity index (χ3n) is 10.5. The molecule has 33 heavy (non-hydrogen) atoms. The Kier molecular flexibility index (Phi) is 6.35.